The zero-order valence-corrected chi connectivity index (χ0v) is 12.5. The number of thioether (sulfide) groups is 1. The highest BCUT2D eigenvalue weighted by atomic mass is 32.2. The van der Waals surface area contributed by atoms with Crippen LogP contribution in [0.3, 0.4) is 0 Å². The Balaban J connectivity index is 2.49. The summed E-state index contributed by atoms with van der Waals surface area (Å²) >= 11 is 1.75. The Kier molecular flexibility index (Phi) is 4.66. The molecule has 0 aliphatic carbocycles. The molecule has 3 nitrogen and oxygen atoms in total. The molecule has 0 amide bonds. The maximum Gasteiger partial charge on any atom is 0.0994 e. The first-order valence-electron chi connectivity index (χ1n) is 6.54. The molecule has 4 heteroatoms. The van der Waals surface area contributed by atoms with Gasteiger partial charge in [0, 0.05) is 29.2 Å². The lowest BCUT2D eigenvalue weighted by atomic mass is 9.93. The molecule has 1 atom stereocenters. The number of nitrogens with zero attached hydrogens (tertiary/aromatic N) is 2. The molecule has 19 heavy (non-hydrogen) atoms. The highest BCUT2D eigenvalue weighted by molar-refractivity contribution is 7.98. The van der Waals surface area contributed by atoms with Crippen molar-refractivity contribution in [2.75, 3.05) is 12.8 Å². The highest BCUT2D eigenvalue weighted by Gasteiger charge is 2.19. The average Bonchev–Trinajstić information content (AvgIpc) is 2.88. The molecule has 0 fully saturated rings. The molecule has 102 valence electrons. The second-order valence-electron chi connectivity index (χ2n) is 4.95. The van der Waals surface area contributed by atoms with Crippen LogP contribution >= 0.6 is 11.8 Å². The van der Waals surface area contributed by atoms with Gasteiger partial charge in [0.1, 0.15) is 0 Å². The quantitative estimate of drug-likeness (QED) is 0.852. The number of benzene rings is 1. The Hall–Kier alpha value is -1.26. The van der Waals surface area contributed by atoms with Crippen molar-refractivity contribution < 1.29 is 0 Å². The van der Waals surface area contributed by atoms with Gasteiger partial charge in [-0.05, 0) is 24.3 Å². The second-order valence-corrected chi connectivity index (χ2v) is 5.79. The van der Waals surface area contributed by atoms with Crippen LogP contribution < -0.4 is 5.73 Å². The van der Waals surface area contributed by atoms with E-state index in [1.807, 2.05) is 12.5 Å². The summed E-state index contributed by atoms with van der Waals surface area (Å²) in [5.41, 5.74) is 8.31. The van der Waals surface area contributed by atoms with Crippen LogP contribution in [0.15, 0.2) is 41.7 Å². The first kappa shape index (κ1) is 14.2. The molecule has 0 spiro atoms. The Morgan fingerprint density at radius 3 is 2.68 bits per heavy atom. The Bertz CT molecular complexity index is 534. The number of hydrogen-bond donors (Lipinski definition) is 1. The van der Waals surface area contributed by atoms with Gasteiger partial charge in [-0.1, -0.05) is 26.0 Å². The maximum absolute atomic E-state index is 5.94. The summed E-state index contributed by atoms with van der Waals surface area (Å²) in [4.78, 5) is 5.57. The molecule has 0 saturated carbocycles. The van der Waals surface area contributed by atoms with E-state index in [-0.39, 0.29) is 0 Å². The van der Waals surface area contributed by atoms with Gasteiger partial charge in [0.2, 0.25) is 0 Å². The molecule has 1 aromatic carbocycles. The molecule has 0 aliphatic rings. The lowest BCUT2D eigenvalue weighted by Gasteiger charge is -2.21. The van der Waals surface area contributed by atoms with Crippen LogP contribution in [0.1, 0.15) is 25.5 Å². The molecule has 2 aromatic rings. The van der Waals surface area contributed by atoms with Crippen molar-refractivity contribution in [3.05, 3.63) is 42.5 Å². The molecule has 0 saturated heterocycles. The number of para-hydroxylation sites is 1. The van der Waals surface area contributed by atoms with Crippen molar-refractivity contribution in [1.29, 1.82) is 0 Å². The topological polar surface area (TPSA) is 43.8 Å². The Morgan fingerprint density at radius 2 is 2.05 bits per heavy atom. The molecule has 0 radical (unpaired) electrons. The van der Waals surface area contributed by atoms with Crippen molar-refractivity contribution in [2.24, 2.45) is 11.7 Å². The largest absolute Gasteiger partial charge is 0.330 e. The summed E-state index contributed by atoms with van der Waals surface area (Å²) in [6.07, 6.45) is 5.92. The number of nitrogens with two attached hydrogens (primary N) is 1. The molecule has 1 heterocycles. The Morgan fingerprint density at radius 1 is 1.32 bits per heavy atom. The van der Waals surface area contributed by atoms with Gasteiger partial charge in [-0.2, -0.15) is 0 Å². The van der Waals surface area contributed by atoms with E-state index in [1.54, 1.807) is 11.8 Å². The standard InChI is InChI=1S/C15H21N3S/c1-11(2)12(8-16)14-9-17-10-18(14)13-6-4-5-7-15(13)19-3/h4-7,9-12H,8,16H2,1-3H3. The van der Waals surface area contributed by atoms with E-state index in [2.05, 4.69) is 53.9 Å². The molecule has 0 aliphatic heterocycles. The first-order chi connectivity index (χ1) is 9.19. The number of rotatable bonds is 5. The summed E-state index contributed by atoms with van der Waals surface area (Å²) in [5, 5.41) is 0. The molecule has 1 unspecified atom stereocenters. The lowest BCUT2D eigenvalue weighted by molar-refractivity contribution is 0.489. The van der Waals surface area contributed by atoms with E-state index in [0.29, 0.717) is 18.4 Å². The SMILES string of the molecule is CSc1ccccc1-n1cncc1C(CN)C(C)C. The second kappa shape index (κ2) is 6.26. The normalized spacial score (nSPS) is 12.9. The summed E-state index contributed by atoms with van der Waals surface area (Å²) in [5.74, 6) is 0.833. The van der Waals surface area contributed by atoms with Gasteiger partial charge in [-0.3, -0.25) is 0 Å². The van der Waals surface area contributed by atoms with Crippen LogP contribution in [0.5, 0.6) is 0 Å². The average molecular weight is 275 g/mol. The lowest BCUT2D eigenvalue weighted by Crippen LogP contribution is -2.20. The molecule has 2 N–H and O–H groups in total. The van der Waals surface area contributed by atoms with E-state index >= 15 is 0 Å². The fourth-order valence-corrected chi connectivity index (χ4v) is 2.93. The molecular weight excluding hydrogens is 254 g/mol. The third-order valence-electron chi connectivity index (χ3n) is 3.45. The maximum atomic E-state index is 5.94. The van der Waals surface area contributed by atoms with Crippen LogP contribution in [-0.2, 0) is 0 Å². The van der Waals surface area contributed by atoms with Crippen molar-refractivity contribution in [1.82, 2.24) is 9.55 Å². The first-order valence-corrected chi connectivity index (χ1v) is 7.77. The zero-order chi connectivity index (χ0) is 13.8. The van der Waals surface area contributed by atoms with E-state index < -0.39 is 0 Å². The van der Waals surface area contributed by atoms with E-state index in [1.165, 1.54) is 16.3 Å². The zero-order valence-electron chi connectivity index (χ0n) is 11.7. The monoisotopic (exact) mass is 275 g/mol. The van der Waals surface area contributed by atoms with Crippen molar-refractivity contribution in [3.63, 3.8) is 0 Å². The van der Waals surface area contributed by atoms with Gasteiger partial charge >= 0.3 is 0 Å². The molecule has 2 rings (SSSR count). The molecular formula is C15H21N3S. The summed E-state index contributed by atoms with van der Waals surface area (Å²) in [7, 11) is 0. The number of aromatic nitrogens is 2. The fraction of sp³-hybridized carbons (Fsp3) is 0.400. The number of hydrogen-bond acceptors (Lipinski definition) is 3. The predicted molar refractivity (Wildman–Crippen MR) is 82.0 cm³/mol. The van der Waals surface area contributed by atoms with Gasteiger partial charge in [-0.15, -0.1) is 11.8 Å². The summed E-state index contributed by atoms with van der Waals surface area (Å²) in [6.45, 7) is 5.05. The minimum Gasteiger partial charge on any atom is -0.330 e. The smallest absolute Gasteiger partial charge is 0.0994 e. The van der Waals surface area contributed by atoms with Gasteiger partial charge in [0.15, 0.2) is 0 Å². The molecule has 0 bridgehead atoms. The minimum absolute atomic E-state index is 0.331. The van der Waals surface area contributed by atoms with Crippen LogP contribution in [-0.4, -0.2) is 22.4 Å². The van der Waals surface area contributed by atoms with Crippen LogP contribution in [0.4, 0.5) is 0 Å². The van der Waals surface area contributed by atoms with Crippen molar-refractivity contribution in [2.45, 2.75) is 24.7 Å². The van der Waals surface area contributed by atoms with Crippen LogP contribution in [0.2, 0.25) is 0 Å². The highest BCUT2D eigenvalue weighted by Crippen LogP contribution is 2.29. The third kappa shape index (κ3) is 2.85. The third-order valence-corrected chi connectivity index (χ3v) is 4.24. The van der Waals surface area contributed by atoms with Crippen molar-refractivity contribution >= 4 is 11.8 Å². The van der Waals surface area contributed by atoms with E-state index in [9.17, 15) is 0 Å². The van der Waals surface area contributed by atoms with Gasteiger partial charge < -0.3 is 10.3 Å². The summed E-state index contributed by atoms with van der Waals surface area (Å²) in [6, 6.07) is 8.39. The fourth-order valence-electron chi connectivity index (χ4n) is 2.34. The van der Waals surface area contributed by atoms with Gasteiger partial charge in [0.25, 0.3) is 0 Å². The van der Waals surface area contributed by atoms with Gasteiger partial charge in [0.05, 0.1) is 12.0 Å². The predicted octanol–water partition coefficient (Wildman–Crippen LogP) is 3.29. The van der Waals surface area contributed by atoms with E-state index in [0.717, 1.165) is 0 Å². The molecule has 1 aromatic heterocycles. The van der Waals surface area contributed by atoms with Crippen LogP contribution in [0.25, 0.3) is 5.69 Å². The van der Waals surface area contributed by atoms with Gasteiger partial charge in [-0.25, -0.2) is 4.98 Å². The number of imidazole rings is 1. The minimum atomic E-state index is 0.331. The van der Waals surface area contributed by atoms with E-state index in [4.69, 9.17) is 5.73 Å². The summed E-state index contributed by atoms with van der Waals surface area (Å²) < 4.78 is 2.17. The van der Waals surface area contributed by atoms with Crippen molar-refractivity contribution in [3.8, 4) is 5.69 Å². The van der Waals surface area contributed by atoms with Crippen LogP contribution in [0, 0.1) is 5.92 Å². The Labute approximate surface area is 119 Å².